The van der Waals surface area contributed by atoms with Crippen molar-refractivity contribution in [2.24, 2.45) is 0 Å². The minimum Gasteiger partial charge on any atom is -0.115 e. The van der Waals surface area contributed by atoms with Gasteiger partial charge in [-0.3, -0.25) is 0 Å². The molecule has 1 heteroatoms. The number of hydrogen-bond acceptors (Lipinski definition) is 0. The lowest BCUT2D eigenvalue weighted by Gasteiger charge is -2.06. The van der Waals surface area contributed by atoms with Crippen LogP contribution < -0.4 is 0 Å². The maximum absolute atomic E-state index is 5.83. The van der Waals surface area contributed by atoms with Crippen molar-refractivity contribution in [1.29, 1.82) is 0 Å². The first-order valence-corrected chi connectivity index (χ1v) is 3.30. The second-order valence-electron chi connectivity index (χ2n) is 2.38. The Labute approximate surface area is 56.5 Å². The maximum atomic E-state index is 5.83. The minimum atomic E-state index is -0.157. The zero-order valence-corrected chi connectivity index (χ0v) is 6.50. The zero-order chi connectivity index (χ0) is 6.62. The highest BCUT2D eigenvalue weighted by atomic mass is 35.5. The summed E-state index contributed by atoms with van der Waals surface area (Å²) in [6, 6.07) is 0. The number of hydrogen-bond donors (Lipinski definition) is 0. The summed E-state index contributed by atoms with van der Waals surface area (Å²) in [5.41, 5.74) is 0. The van der Waals surface area contributed by atoms with E-state index in [9.17, 15) is 0 Å². The van der Waals surface area contributed by atoms with Gasteiger partial charge in [0.25, 0.3) is 0 Å². The Bertz CT molecular complexity index is 76.9. The van der Waals surface area contributed by atoms with E-state index in [1.807, 2.05) is 19.9 Å². The van der Waals surface area contributed by atoms with Gasteiger partial charge in [0.05, 0.1) is 4.87 Å². The highest BCUT2D eigenvalue weighted by molar-refractivity contribution is 6.24. The van der Waals surface area contributed by atoms with Gasteiger partial charge in [0.1, 0.15) is 0 Å². The van der Waals surface area contributed by atoms with Gasteiger partial charge in [-0.2, -0.15) is 0 Å². The van der Waals surface area contributed by atoms with Gasteiger partial charge in [0, 0.05) is 0 Å². The van der Waals surface area contributed by atoms with E-state index in [-0.39, 0.29) is 4.87 Å². The van der Waals surface area contributed by atoms with Crippen LogP contribution in [0.1, 0.15) is 27.2 Å². The van der Waals surface area contributed by atoms with Gasteiger partial charge >= 0.3 is 0 Å². The molecule has 0 N–H and O–H groups in total. The normalized spacial score (nSPS) is 13.0. The number of halogens is 1. The molecule has 0 radical (unpaired) electrons. The molecule has 0 rings (SSSR count). The van der Waals surface area contributed by atoms with Crippen LogP contribution in [-0.2, 0) is 0 Å². The molecule has 0 aliphatic carbocycles. The van der Waals surface area contributed by atoms with E-state index in [0.29, 0.717) is 0 Å². The van der Waals surface area contributed by atoms with E-state index in [0.717, 1.165) is 6.42 Å². The monoisotopic (exact) mass is 132 g/mol. The highest BCUT2D eigenvalue weighted by Crippen LogP contribution is 2.13. The van der Waals surface area contributed by atoms with Crippen molar-refractivity contribution in [1.82, 2.24) is 0 Å². The third-order valence-electron chi connectivity index (χ3n) is 0.750. The van der Waals surface area contributed by atoms with Gasteiger partial charge in [-0.15, -0.1) is 11.6 Å². The number of rotatable bonds is 2. The first-order chi connectivity index (χ1) is 3.56. The van der Waals surface area contributed by atoms with Gasteiger partial charge in [0.2, 0.25) is 0 Å². The van der Waals surface area contributed by atoms with Gasteiger partial charge in [-0.1, -0.05) is 19.1 Å². The smallest absolute Gasteiger partial charge is 0.0569 e. The van der Waals surface area contributed by atoms with Crippen molar-refractivity contribution < 1.29 is 0 Å². The van der Waals surface area contributed by atoms with Crippen molar-refractivity contribution in [3.63, 3.8) is 0 Å². The summed E-state index contributed by atoms with van der Waals surface area (Å²) in [4.78, 5) is -0.157. The standard InChI is InChI=1S/C7H13Cl/c1-4-5-6-7(2,3)8/h5-6H,4H2,1-3H3/b6-5-. The first kappa shape index (κ1) is 8.03. The molecule has 0 aliphatic heterocycles. The third-order valence-corrected chi connectivity index (χ3v) is 0.876. The molecule has 0 bridgehead atoms. The Morgan fingerprint density at radius 3 is 2.12 bits per heavy atom. The van der Waals surface area contributed by atoms with Crippen LogP contribution in [0.2, 0.25) is 0 Å². The van der Waals surface area contributed by atoms with Crippen molar-refractivity contribution in [3.05, 3.63) is 12.2 Å². The van der Waals surface area contributed by atoms with E-state index in [2.05, 4.69) is 13.0 Å². The molecule has 0 spiro atoms. The van der Waals surface area contributed by atoms with Crippen molar-refractivity contribution in [3.8, 4) is 0 Å². The van der Waals surface area contributed by atoms with Crippen LogP contribution in [0.5, 0.6) is 0 Å². The molecule has 0 unspecified atom stereocenters. The van der Waals surface area contributed by atoms with Crippen LogP contribution in [0.4, 0.5) is 0 Å². The average Bonchev–Trinajstić information content (AvgIpc) is 1.59. The predicted octanol–water partition coefficient (Wildman–Crippen LogP) is 2.97. The summed E-state index contributed by atoms with van der Waals surface area (Å²) in [6.45, 7) is 6.04. The number of allylic oxidation sites excluding steroid dienone is 2. The second-order valence-corrected chi connectivity index (χ2v) is 3.35. The van der Waals surface area contributed by atoms with Gasteiger partial charge in [-0.05, 0) is 20.3 Å². The highest BCUT2D eigenvalue weighted by Gasteiger charge is 2.04. The van der Waals surface area contributed by atoms with E-state index in [1.165, 1.54) is 0 Å². The molecule has 0 amide bonds. The Hall–Kier alpha value is 0.0300. The fourth-order valence-corrected chi connectivity index (χ4v) is 0.487. The Morgan fingerprint density at radius 1 is 1.50 bits per heavy atom. The largest absolute Gasteiger partial charge is 0.115 e. The van der Waals surface area contributed by atoms with E-state index < -0.39 is 0 Å². The van der Waals surface area contributed by atoms with Crippen molar-refractivity contribution in [2.45, 2.75) is 32.1 Å². The molecular weight excluding hydrogens is 120 g/mol. The fraction of sp³-hybridized carbons (Fsp3) is 0.714. The summed E-state index contributed by atoms with van der Waals surface area (Å²) in [6.07, 6.45) is 5.15. The lowest BCUT2D eigenvalue weighted by Crippen LogP contribution is -2.03. The van der Waals surface area contributed by atoms with Crippen LogP contribution >= 0.6 is 11.6 Å². The Morgan fingerprint density at radius 2 is 2.00 bits per heavy atom. The molecule has 0 saturated carbocycles. The minimum absolute atomic E-state index is 0.157. The van der Waals surface area contributed by atoms with Crippen LogP contribution in [0.25, 0.3) is 0 Å². The van der Waals surface area contributed by atoms with Crippen LogP contribution in [0, 0.1) is 0 Å². The lowest BCUT2D eigenvalue weighted by molar-refractivity contribution is 0.875. The average molecular weight is 133 g/mol. The first-order valence-electron chi connectivity index (χ1n) is 2.93. The van der Waals surface area contributed by atoms with Gasteiger partial charge in [-0.25, -0.2) is 0 Å². The van der Waals surface area contributed by atoms with Gasteiger partial charge in [0.15, 0.2) is 0 Å². The van der Waals surface area contributed by atoms with Crippen LogP contribution in [0.15, 0.2) is 12.2 Å². The van der Waals surface area contributed by atoms with Crippen molar-refractivity contribution in [2.75, 3.05) is 0 Å². The molecule has 0 heterocycles. The SMILES string of the molecule is CC/C=C\C(C)(C)Cl. The molecule has 8 heavy (non-hydrogen) atoms. The molecular formula is C7H13Cl. The fourth-order valence-electron chi connectivity index (χ4n) is 0.398. The topological polar surface area (TPSA) is 0 Å². The Kier molecular flexibility index (Phi) is 3.15. The zero-order valence-electron chi connectivity index (χ0n) is 5.74. The quantitative estimate of drug-likeness (QED) is 0.400. The third kappa shape index (κ3) is 6.03. The van der Waals surface area contributed by atoms with E-state index in [1.54, 1.807) is 0 Å². The maximum Gasteiger partial charge on any atom is 0.0569 e. The summed E-state index contributed by atoms with van der Waals surface area (Å²) >= 11 is 5.83. The van der Waals surface area contributed by atoms with E-state index in [4.69, 9.17) is 11.6 Å². The van der Waals surface area contributed by atoms with Crippen LogP contribution in [-0.4, -0.2) is 4.87 Å². The summed E-state index contributed by atoms with van der Waals surface area (Å²) in [7, 11) is 0. The van der Waals surface area contributed by atoms with Crippen LogP contribution in [0.3, 0.4) is 0 Å². The second kappa shape index (κ2) is 3.13. The molecule has 0 nitrogen and oxygen atoms in total. The summed E-state index contributed by atoms with van der Waals surface area (Å²) < 4.78 is 0. The molecule has 0 aromatic rings. The van der Waals surface area contributed by atoms with Crippen molar-refractivity contribution >= 4 is 11.6 Å². The Balaban J connectivity index is 3.52. The predicted molar refractivity (Wildman–Crippen MR) is 39.4 cm³/mol. The summed E-state index contributed by atoms with van der Waals surface area (Å²) in [5, 5.41) is 0. The number of alkyl halides is 1. The molecule has 0 aliphatic rings. The molecule has 0 fully saturated rings. The summed E-state index contributed by atoms with van der Waals surface area (Å²) in [5.74, 6) is 0. The molecule has 0 aromatic carbocycles. The molecule has 0 saturated heterocycles. The molecule has 0 atom stereocenters. The molecule has 0 aromatic heterocycles. The van der Waals surface area contributed by atoms with Gasteiger partial charge < -0.3 is 0 Å². The molecule has 48 valence electrons. The lowest BCUT2D eigenvalue weighted by atomic mass is 10.2. The van der Waals surface area contributed by atoms with E-state index >= 15 is 0 Å².